The molecule has 1 saturated carbocycles. The molecule has 1 nitrogen and oxygen atoms in total. The van der Waals surface area contributed by atoms with Gasteiger partial charge in [-0.2, -0.15) is 0 Å². The van der Waals surface area contributed by atoms with Crippen molar-refractivity contribution in [2.45, 2.75) is 71.5 Å². The first-order valence-corrected chi connectivity index (χ1v) is 6.18. The lowest BCUT2D eigenvalue weighted by molar-refractivity contribution is 0.0852. The van der Waals surface area contributed by atoms with Crippen molar-refractivity contribution in [3.8, 4) is 0 Å². The van der Waals surface area contributed by atoms with Crippen LogP contribution in [-0.2, 0) is 4.74 Å². The van der Waals surface area contributed by atoms with Gasteiger partial charge in [0.1, 0.15) is 0 Å². The summed E-state index contributed by atoms with van der Waals surface area (Å²) in [6, 6.07) is 0. The highest BCUT2D eigenvalue weighted by Gasteiger charge is 2.63. The van der Waals surface area contributed by atoms with E-state index in [1.165, 1.54) is 32.1 Å². The van der Waals surface area contributed by atoms with E-state index in [-0.39, 0.29) is 5.60 Å². The molecule has 0 bridgehead atoms. The fraction of sp³-hybridized carbons (Fsp3) is 1.00. The van der Waals surface area contributed by atoms with Crippen LogP contribution in [0.25, 0.3) is 0 Å². The van der Waals surface area contributed by atoms with Crippen LogP contribution >= 0.6 is 0 Å². The maximum absolute atomic E-state index is 5.91. The van der Waals surface area contributed by atoms with Crippen LogP contribution in [0.4, 0.5) is 0 Å². The van der Waals surface area contributed by atoms with Gasteiger partial charge in [-0.05, 0) is 37.5 Å². The van der Waals surface area contributed by atoms with Crippen LogP contribution in [-0.4, -0.2) is 11.7 Å². The van der Waals surface area contributed by atoms with Gasteiger partial charge in [0, 0.05) is 0 Å². The van der Waals surface area contributed by atoms with Crippen LogP contribution in [0.3, 0.4) is 0 Å². The molecule has 0 radical (unpaired) electrons. The Morgan fingerprint density at radius 1 is 1.29 bits per heavy atom. The molecule has 2 fully saturated rings. The maximum Gasteiger partial charge on any atom is 0.0953 e. The summed E-state index contributed by atoms with van der Waals surface area (Å²) in [5, 5.41) is 0. The second kappa shape index (κ2) is 3.23. The van der Waals surface area contributed by atoms with E-state index in [9.17, 15) is 0 Å². The zero-order valence-electron chi connectivity index (χ0n) is 10.1. The van der Waals surface area contributed by atoms with Gasteiger partial charge in [0.2, 0.25) is 0 Å². The Morgan fingerprint density at radius 2 is 2.00 bits per heavy atom. The van der Waals surface area contributed by atoms with Gasteiger partial charge in [-0.25, -0.2) is 0 Å². The number of epoxide rings is 1. The molecular formula is C13H24O. The van der Waals surface area contributed by atoms with E-state index in [0.717, 1.165) is 5.92 Å². The number of hydrogen-bond acceptors (Lipinski definition) is 1. The second-order valence-corrected chi connectivity index (χ2v) is 6.01. The van der Waals surface area contributed by atoms with Crippen LogP contribution in [0, 0.1) is 11.3 Å². The summed E-state index contributed by atoms with van der Waals surface area (Å²) in [5.41, 5.74) is 0.744. The van der Waals surface area contributed by atoms with Gasteiger partial charge in [0.15, 0.2) is 0 Å². The smallest absolute Gasteiger partial charge is 0.0953 e. The van der Waals surface area contributed by atoms with E-state index in [4.69, 9.17) is 4.74 Å². The molecule has 0 aromatic heterocycles. The van der Waals surface area contributed by atoms with E-state index >= 15 is 0 Å². The van der Waals surface area contributed by atoms with Gasteiger partial charge in [-0.1, -0.05) is 33.6 Å². The highest BCUT2D eigenvalue weighted by atomic mass is 16.6. The lowest BCUT2D eigenvalue weighted by Gasteiger charge is -2.40. The molecule has 1 aliphatic carbocycles. The maximum atomic E-state index is 5.91. The molecule has 2 aliphatic rings. The van der Waals surface area contributed by atoms with Crippen molar-refractivity contribution in [2.24, 2.45) is 11.3 Å². The fourth-order valence-electron chi connectivity index (χ4n) is 3.46. The third-order valence-corrected chi connectivity index (χ3v) is 4.51. The predicted octanol–water partition coefficient (Wildman–Crippen LogP) is 3.77. The summed E-state index contributed by atoms with van der Waals surface area (Å²) >= 11 is 0. The lowest BCUT2D eigenvalue weighted by atomic mass is 9.62. The molecule has 0 spiro atoms. The van der Waals surface area contributed by atoms with Crippen molar-refractivity contribution in [3.05, 3.63) is 0 Å². The molecule has 0 N–H and O–H groups in total. The summed E-state index contributed by atoms with van der Waals surface area (Å²) in [4.78, 5) is 0. The summed E-state index contributed by atoms with van der Waals surface area (Å²) in [6.07, 6.45) is 7.26. The fourth-order valence-corrected chi connectivity index (χ4v) is 3.46. The predicted molar refractivity (Wildman–Crippen MR) is 59.3 cm³/mol. The van der Waals surface area contributed by atoms with Crippen LogP contribution in [0.5, 0.6) is 0 Å². The topological polar surface area (TPSA) is 12.5 Å². The van der Waals surface area contributed by atoms with Crippen molar-refractivity contribution in [3.63, 3.8) is 0 Å². The quantitative estimate of drug-likeness (QED) is 0.626. The Morgan fingerprint density at radius 3 is 2.64 bits per heavy atom. The van der Waals surface area contributed by atoms with Gasteiger partial charge in [-0.3, -0.25) is 0 Å². The van der Waals surface area contributed by atoms with Crippen molar-refractivity contribution >= 4 is 0 Å². The molecule has 2 rings (SSSR count). The Bertz CT molecular complexity index is 217. The highest BCUT2D eigenvalue weighted by Crippen LogP contribution is 2.59. The molecule has 1 aliphatic heterocycles. The molecule has 82 valence electrons. The largest absolute Gasteiger partial charge is 0.366 e. The van der Waals surface area contributed by atoms with Gasteiger partial charge in [0.05, 0.1) is 11.7 Å². The summed E-state index contributed by atoms with van der Waals surface area (Å²) in [6.45, 7) is 9.47. The van der Waals surface area contributed by atoms with Crippen LogP contribution in [0.15, 0.2) is 0 Å². The van der Waals surface area contributed by atoms with E-state index in [0.29, 0.717) is 11.5 Å². The molecule has 1 heterocycles. The molecule has 0 aromatic rings. The molecule has 1 heteroatoms. The van der Waals surface area contributed by atoms with Crippen molar-refractivity contribution in [2.75, 3.05) is 0 Å². The first-order valence-electron chi connectivity index (χ1n) is 6.18. The van der Waals surface area contributed by atoms with Crippen LogP contribution in [0.2, 0.25) is 0 Å². The Kier molecular flexibility index (Phi) is 2.42. The first-order chi connectivity index (χ1) is 6.50. The molecular weight excluding hydrogens is 172 g/mol. The average Bonchev–Trinajstić information content (AvgIpc) is 2.75. The standard InChI is InChI=1S/C13H24O/c1-5-6-7-10-12(2,3)9-8-11-13(10,4)14-11/h10-11H,5-9H2,1-4H3/t10-,11?,13?/m1/s1. The monoisotopic (exact) mass is 196 g/mol. The van der Waals surface area contributed by atoms with E-state index in [1.807, 2.05) is 0 Å². The average molecular weight is 196 g/mol. The SMILES string of the molecule is CCCC[C@@H]1C(C)(C)CCC2OC21C. The summed E-state index contributed by atoms with van der Waals surface area (Å²) in [5.74, 6) is 0.786. The molecule has 14 heavy (non-hydrogen) atoms. The first kappa shape index (κ1) is 10.5. The van der Waals surface area contributed by atoms with Gasteiger partial charge >= 0.3 is 0 Å². The molecule has 3 atom stereocenters. The number of hydrogen-bond donors (Lipinski definition) is 0. The minimum atomic E-state index is 0.247. The minimum Gasteiger partial charge on any atom is -0.366 e. The summed E-state index contributed by atoms with van der Waals surface area (Å²) < 4.78 is 5.91. The van der Waals surface area contributed by atoms with E-state index < -0.39 is 0 Å². The van der Waals surface area contributed by atoms with E-state index in [2.05, 4.69) is 27.7 Å². The lowest BCUT2D eigenvalue weighted by Crippen LogP contribution is -2.40. The van der Waals surface area contributed by atoms with Crippen molar-refractivity contribution in [1.82, 2.24) is 0 Å². The summed E-state index contributed by atoms with van der Waals surface area (Å²) in [7, 11) is 0. The number of rotatable bonds is 3. The molecule has 2 unspecified atom stereocenters. The number of unbranched alkanes of at least 4 members (excludes halogenated alkanes) is 1. The molecule has 1 saturated heterocycles. The Hall–Kier alpha value is -0.0400. The van der Waals surface area contributed by atoms with Crippen molar-refractivity contribution in [1.29, 1.82) is 0 Å². The van der Waals surface area contributed by atoms with E-state index in [1.54, 1.807) is 0 Å². The third-order valence-electron chi connectivity index (χ3n) is 4.51. The zero-order chi connectivity index (χ0) is 10.4. The second-order valence-electron chi connectivity index (χ2n) is 6.01. The number of ether oxygens (including phenoxy) is 1. The van der Waals surface area contributed by atoms with Gasteiger partial charge in [0.25, 0.3) is 0 Å². The van der Waals surface area contributed by atoms with Gasteiger partial charge in [-0.15, -0.1) is 0 Å². The van der Waals surface area contributed by atoms with Crippen molar-refractivity contribution < 1.29 is 4.74 Å². The van der Waals surface area contributed by atoms with Gasteiger partial charge < -0.3 is 4.74 Å². The number of fused-ring (bicyclic) bond motifs is 1. The van der Waals surface area contributed by atoms with Crippen LogP contribution in [0.1, 0.15) is 59.8 Å². The third kappa shape index (κ3) is 1.50. The molecule has 0 aromatic carbocycles. The normalized spacial score (nSPS) is 44.6. The minimum absolute atomic E-state index is 0.247. The van der Waals surface area contributed by atoms with Crippen LogP contribution < -0.4 is 0 Å². The highest BCUT2D eigenvalue weighted by molar-refractivity contribution is 5.11. The zero-order valence-corrected chi connectivity index (χ0v) is 10.1. The molecule has 0 amide bonds. The Labute approximate surface area is 88.2 Å². The Balaban J connectivity index is 2.07.